The molecule has 0 radical (unpaired) electrons. The lowest BCUT2D eigenvalue weighted by atomic mass is 10.2. The average Bonchev–Trinajstić information content (AvgIpc) is 2.65. The lowest BCUT2D eigenvalue weighted by Crippen LogP contribution is -2.25. The third-order valence-electron chi connectivity index (χ3n) is 3.36. The third-order valence-corrected chi connectivity index (χ3v) is 3.89. The van der Waals surface area contributed by atoms with Gasteiger partial charge in [0.1, 0.15) is 0 Å². The van der Waals surface area contributed by atoms with E-state index in [1.807, 2.05) is 84.9 Å². The van der Waals surface area contributed by atoms with E-state index in [2.05, 4.69) is 37.0 Å². The van der Waals surface area contributed by atoms with Crippen LogP contribution in [-0.4, -0.2) is 0 Å². The molecule has 1 atom stereocenters. The Bertz CT molecular complexity index is 773. The molecule has 0 bridgehead atoms. The Morgan fingerprint density at radius 3 is 2.04 bits per heavy atom. The first-order valence-corrected chi connectivity index (χ1v) is 8.38. The number of azo groups is 1. The fraction of sp³-hybridized carbons (Fsp3) is 0.0526. The summed E-state index contributed by atoms with van der Waals surface area (Å²) in [6.45, 7) is 0. The summed E-state index contributed by atoms with van der Waals surface area (Å²) in [5, 5.41) is 8.78. The molecule has 0 fully saturated rings. The van der Waals surface area contributed by atoms with Gasteiger partial charge in [-0.3, -0.25) is 0 Å². The second kappa shape index (κ2) is 8.38. The second-order valence-electron chi connectivity index (χ2n) is 5.14. The number of benzene rings is 3. The fourth-order valence-electron chi connectivity index (χ4n) is 2.12. The molecule has 0 aliphatic carbocycles. The summed E-state index contributed by atoms with van der Waals surface area (Å²) in [6.07, 6.45) is -0.296. The highest BCUT2D eigenvalue weighted by Gasteiger charge is 2.09. The van der Waals surface area contributed by atoms with Crippen LogP contribution in [0.15, 0.2) is 99.6 Å². The first kappa shape index (κ1) is 16.4. The molecule has 5 heteroatoms. The van der Waals surface area contributed by atoms with Crippen molar-refractivity contribution < 1.29 is 0 Å². The van der Waals surface area contributed by atoms with Crippen molar-refractivity contribution in [3.05, 3.63) is 95.0 Å². The summed E-state index contributed by atoms with van der Waals surface area (Å²) in [7, 11) is 0. The van der Waals surface area contributed by atoms with Crippen molar-refractivity contribution in [3.8, 4) is 0 Å². The molecule has 0 aliphatic heterocycles. The molecular weight excluding hydrogens is 364 g/mol. The Labute approximate surface area is 149 Å². The lowest BCUT2D eigenvalue weighted by molar-refractivity contribution is 0.590. The first-order chi connectivity index (χ1) is 11.8. The minimum absolute atomic E-state index is 0.296. The topological polar surface area (TPSA) is 48.8 Å². The Morgan fingerprint density at radius 2 is 1.38 bits per heavy atom. The first-order valence-electron chi connectivity index (χ1n) is 7.59. The van der Waals surface area contributed by atoms with E-state index in [0.717, 1.165) is 21.4 Å². The van der Waals surface area contributed by atoms with E-state index >= 15 is 0 Å². The molecule has 0 amide bonds. The Kier molecular flexibility index (Phi) is 5.71. The van der Waals surface area contributed by atoms with Gasteiger partial charge in [0.25, 0.3) is 0 Å². The van der Waals surface area contributed by atoms with Gasteiger partial charge in [0, 0.05) is 10.2 Å². The van der Waals surface area contributed by atoms with Gasteiger partial charge in [0.2, 0.25) is 0 Å². The van der Waals surface area contributed by atoms with Crippen molar-refractivity contribution in [1.82, 2.24) is 5.43 Å². The quantitative estimate of drug-likeness (QED) is 0.416. The van der Waals surface area contributed by atoms with Crippen LogP contribution in [0.3, 0.4) is 0 Å². The van der Waals surface area contributed by atoms with Crippen LogP contribution in [0.2, 0.25) is 0 Å². The highest BCUT2D eigenvalue weighted by atomic mass is 79.9. The van der Waals surface area contributed by atoms with Crippen LogP contribution in [0.1, 0.15) is 11.7 Å². The largest absolute Gasteiger partial charge is 0.319 e. The van der Waals surface area contributed by atoms with Gasteiger partial charge in [-0.2, -0.15) is 10.2 Å². The molecule has 0 spiro atoms. The van der Waals surface area contributed by atoms with E-state index < -0.39 is 0 Å². The van der Waals surface area contributed by atoms with Crippen LogP contribution in [0.4, 0.5) is 11.4 Å². The molecule has 1 unspecified atom stereocenters. The maximum Gasteiger partial charge on any atom is 0.163 e. The summed E-state index contributed by atoms with van der Waals surface area (Å²) < 4.78 is 1.02. The molecule has 0 aliphatic rings. The smallest absolute Gasteiger partial charge is 0.163 e. The van der Waals surface area contributed by atoms with Crippen molar-refractivity contribution in [2.24, 2.45) is 10.2 Å². The molecule has 24 heavy (non-hydrogen) atoms. The molecule has 0 saturated heterocycles. The number of para-hydroxylation sites is 1. The number of nitrogens with one attached hydrogen (secondary N) is 2. The van der Waals surface area contributed by atoms with Crippen molar-refractivity contribution in [1.29, 1.82) is 0 Å². The number of halogens is 1. The highest BCUT2D eigenvalue weighted by Crippen LogP contribution is 2.21. The van der Waals surface area contributed by atoms with Crippen molar-refractivity contribution in [2.45, 2.75) is 6.17 Å². The van der Waals surface area contributed by atoms with Crippen molar-refractivity contribution in [2.75, 3.05) is 5.43 Å². The van der Waals surface area contributed by atoms with Crippen LogP contribution in [0, 0.1) is 0 Å². The molecule has 2 N–H and O–H groups in total. The predicted molar refractivity (Wildman–Crippen MR) is 101 cm³/mol. The number of nitrogens with zero attached hydrogens (tertiary/aromatic N) is 2. The molecule has 0 saturated carbocycles. The predicted octanol–water partition coefficient (Wildman–Crippen LogP) is 5.85. The van der Waals surface area contributed by atoms with E-state index in [-0.39, 0.29) is 6.17 Å². The van der Waals surface area contributed by atoms with Crippen LogP contribution >= 0.6 is 15.9 Å². The van der Waals surface area contributed by atoms with Gasteiger partial charge in [-0.25, -0.2) is 5.43 Å². The van der Waals surface area contributed by atoms with Crippen molar-refractivity contribution >= 4 is 27.3 Å². The Balaban J connectivity index is 1.76. The van der Waals surface area contributed by atoms with Crippen molar-refractivity contribution in [3.63, 3.8) is 0 Å². The molecule has 3 rings (SSSR count). The number of hydrogen-bond donors (Lipinski definition) is 2. The normalized spacial score (nSPS) is 12.2. The van der Waals surface area contributed by atoms with Crippen LogP contribution in [0.25, 0.3) is 0 Å². The van der Waals surface area contributed by atoms with E-state index in [1.54, 1.807) is 0 Å². The molecule has 3 aromatic rings. The summed E-state index contributed by atoms with van der Waals surface area (Å²) >= 11 is 3.42. The summed E-state index contributed by atoms with van der Waals surface area (Å²) in [5.74, 6) is 0. The standard InChI is InChI=1S/C19H17BrN4/c20-16-11-13-18(14-12-16)22-24-19(15-7-3-1-4-8-15)23-21-17-9-5-2-6-10-17/h1-14,19,21,23H. The lowest BCUT2D eigenvalue weighted by Gasteiger charge is -2.15. The Hall–Kier alpha value is -2.50. The minimum Gasteiger partial charge on any atom is -0.319 e. The maximum absolute atomic E-state index is 4.45. The van der Waals surface area contributed by atoms with E-state index in [0.29, 0.717) is 0 Å². The monoisotopic (exact) mass is 380 g/mol. The van der Waals surface area contributed by atoms with Crippen LogP contribution < -0.4 is 10.9 Å². The summed E-state index contributed by atoms with van der Waals surface area (Å²) in [4.78, 5) is 0. The number of anilines is 1. The van der Waals surface area contributed by atoms with Crippen LogP contribution in [-0.2, 0) is 0 Å². The van der Waals surface area contributed by atoms with Gasteiger partial charge in [0.15, 0.2) is 6.17 Å². The maximum atomic E-state index is 4.45. The summed E-state index contributed by atoms with van der Waals surface area (Å²) in [5.41, 5.74) is 9.20. The van der Waals surface area contributed by atoms with E-state index in [9.17, 15) is 0 Å². The highest BCUT2D eigenvalue weighted by molar-refractivity contribution is 9.10. The average molecular weight is 381 g/mol. The van der Waals surface area contributed by atoms with Gasteiger partial charge >= 0.3 is 0 Å². The molecular formula is C19H17BrN4. The minimum atomic E-state index is -0.296. The zero-order valence-corrected chi connectivity index (χ0v) is 14.5. The van der Waals surface area contributed by atoms with Gasteiger partial charge < -0.3 is 5.43 Å². The fourth-order valence-corrected chi connectivity index (χ4v) is 2.38. The number of hydrazine groups is 1. The Morgan fingerprint density at radius 1 is 0.750 bits per heavy atom. The molecule has 0 aromatic heterocycles. The van der Waals surface area contributed by atoms with E-state index in [4.69, 9.17) is 0 Å². The zero-order chi connectivity index (χ0) is 16.6. The van der Waals surface area contributed by atoms with Gasteiger partial charge in [-0.1, -0.05) is 64.5 Å². The third kappa shape index (κ3) is 4.75. The number of rotatable bonds is 6. The van der Waals surface area contributed by atoms with Gasteiger partial charge in [0.05, 0.1) is 5.69 Å². The molecule has 0 heterocycles. The summed E-state index contributed by atoms with van der Waals surface area (Å²) in [6, 6.07) is 27.6. The molecule has 4 nitrogen and oxygen atoms in total. The van der Waals surface area contributed by atoms with Gasteiger partial charge in [-0.05, 0) is 42.0 Å². The molecule has 120 valence electrons. The SMILES string of the molecule is Brc1ccc(N=NC(NNc2ccccc2)c2ccccc2)cc1. The molecule has 3 aromatic carbocycles. The zero-order valence-electron chi connectivity index (χ0n) is 12.9. The van der Waals surface area contributed by atoms with Crippen LogP contribution in [0.5, 0.6) is 0 Å². The second-order valence-corrected chi connectivity index (χ2v) is 6.06. The van der Waals surface area contributed by atoms with E-state index in [1.165, 1.54) is 0 Å². The number of hydrogen-bond acceptors (Lipinski definition) is 4. The van der Waals surface area contributed by atoms with Gasteiger partial charge in [-0.15, -0.1) is 0 Å².